The van der Waals surface area contributed by atoms with Crippen molar-refractivity contribution in [2.75, 3.05) is 6.61 Å². The predicted molar refractivity (Wildman–Crippen MR) is 146 cm³/mol. The molecule has 1 unspecified atom stereocenters. The molecule has 11 nitrogen and oxygen atoms in total. The topological polar surface area (TPSA) is 172 Å². The second-order valence-corrected chi connectivity index (χ2v) is 13.1. The number of esters is 2. The fraction of sp³-hybridized carbons (Fsp3) is 0.677. The highest BCUT2D eigenvalue weighted by Gasteiger charge is 2.77. The van der Waals surface area contributed by atoms with E-state index in [2.05, 4.69) is 0 Å². The lowest BCUT2D eigenvalue weighted by molar-refractivity contribution is -0.379. The van der Waals surface area contributed by atoms with Crippen LogP contribution >= 0.6 is 0 Å². The van der Waals surface area contributed by atoms with Gasteiger partial charge in [0.15, 0.2) is 18.0 Å². The van der Waals surface area contributed by atoms with E-state index in [1.54, 1.807) is 58.0 Å². The van der Waals surface area contributed by atoms with Gasteiger partial charge in [0.25, 0.3) is 0 Å². The molecule has 11 atom stereocenters. The molecule has 1 aromatic carbocycles. The van der Waals surface area contributed by atoms with Crippen LogP contribution in [0.1, 0.15) is 66.2 Å². The van der Waals surface area contributed by atoms with Crippen molar-refractivity contribution >= 4 is 11.9 Å². The van der Waals surface area contributed by atoms with Crippen LogP contribution in [0.4, 0.5) is 0 Å². The van der Waals surface area contributed by atoms with Crippen molar-refractivity contribution in [2.24, 2.45) is 16.7 Å². The van der Waals surface area contributed by atoms with Gasteiger partial charge in [-0.25, -0.2) is 0 Å². The van der Waals surface area contributed by atoms with Crippen molar-refractivity contribution in [1.82, 2.24) is 0 Å². The van der Waals surface area contributed by atoms with Crippen molar-refractivity contribution in [3.8, 4) is 0 Å². The predicted octanol–water partition coefficient (Wildman–Crippen LogP) is 1.30. The summed E-state index contributed by atoms with van der Waals surface area (Å²) >= 11 is 0. The van der Waals surface area contributed by atoms with Crippen molar-refractivity contribution in [3.05, 3.63) is 47.0 Å². The summed E-state index contributed by atoms with van der Waals surface area (Å²) in [7, 11) is 0. The van der Waals surface area contributed by atoms with E-state index in [4.69, 9.17) is 18.9 Å². The SMILES string of the molecule is CC(=O)O[C@@H]1C2=C(C)[C@@H](O)C[C@@](O)([C@@H](OC(O)c3ccccc3)[C@@H]3[C@]4(OC(C)=O)CO[C@@H]4C[C@H](O)[C@@]3(C)[C@H]1O)C2(C)C. The maximum Gasteiger partial charge on any atom is 0.303 e. The van der Waals surface area contributed by atoms with E-state index in [9.17, 15) is 35.1 Å². The molecule has 1 saturated heterocycles. The molecule has 5 N–H and O–H groups in total. The summed E-state index contributed by atoms with van der Waals surface area (Å²) < 4.78 is 24.0. The average molecular weight is 591 g/mol. The molecule has 11 heteroatoms. The maximum absolute atomic E-state index is 12.9. The molecule has 4 aliphatic rings. The van der Waals surface area contributed by atoms with Gasteiger partial charge in [0.1, 0.15) is 17.8 Å². The average Bonchev–Trinajstić information content (AvgIpc) is 2.90. The first-order chi connectivity index (χ1) is 19.5. The summed E-state index contributed by atoms with van der Waals surface area (Å²) in [4.78, 5) is 25.1. The Morgan fingerprint density at radius 1 is 1.05 bits per heavy atom. The highest BCUT2D eigenvalue weighted by atomic mass is 16.6. The van der Waals surface area contributed by atoms with E-state index in [1.807, 2.05) is 0 Å². The van der Waals surface area contributed by atoms with Crippen LogP contribution in [-0.2, 0) is 28.5 Å². The van der Waals surface area contributed by atoms with E-state index in [1.165, 1.54) is 13.8 Å². The highest BCUT2D eigenvalue weighted by Crippen LogP contribution is 2.65. The third-order valence-electron chi connectivity index (χ3n) is 10.6. The molecule has 3 aliphatic carbocycles. The summed E-state index contributed by atoms with van der Waals surface area (Å²) in [5.74, 6) is -2.57. The van der Waals surface area contributed by atoms with Crippen molar-refractivity contribution in [2.45, 2.75) is 108 Å². The third kappa shape index (κ3) is 4.28. The lowest BCUT2D eigenvalue weighted by atomic mass is 9.44. The molecule has 1 aliphatic heterocycles. The van der Waals surface area contributed by atoms with E-state index in [0.717, 1.165) is 0 Å². The minimum absolute atomic E-state index is 0.0272. The Bertz CT molecular complexity index is 1260. The minimum Gasteiger partial charge on any atom is -0.455 e. The summed E-state index contributed by atoms with van der Waals surface area (Å²) in [6.07, 6.45) is -9.66. The number of fused-ring (bicyclic) bond motifs is 5. The molecule has 1 aromatic rings. The van der Waals surface area contributed by atoms with Crippen molar-refractivity contribution in [1.29, 1.82) is 0 Å². The van der Waals surface area contributed by atoms with Crippen LogP contribution in [-0.4, -0.2) is 91.9 Å². The summed E-state index contributed by atoms with van der Waals surface area (Å²) in [5, 5.41) is 59.7. The summed E-state index contributed by atoms with van der Waals surface area (Å²) in [6.45, 7) is 8.91. The van der Waals surface area contributed by atoms with E-state index in [0.29, 0.717) is 11.1 Å². The molecule has 2 bridgehead atoms. The number of ether oxygens (including phenoxy) is 4. The minimum atomic E-state index is -2.01. The van der Waals surface area contributed by atoms with Crippen LogP contribution in [0.5, 0.6) is 0 Å². The number of hydrogen-bond acceptors (Lipinski definition) is 11. The number of rotatable bonds is 5. The standard InChI is InChI=1S/C31H42O11/c1-15-19(34)13-31(38)26(41-27(37)18-10-8-7-9-11-18)24-29(6,20(35)12-21-30(24,14-39-21)42-17(3)33)25(36)23(40-16(2)32)22(15)28(31,4)5/h7-11,19-21,23-27,34-38H,12-14H2,1-6H3/t19-,20-,21+,23+,24-,25-,26-,27?,29+,30-,31+/m0/s1. The maximum atomic E-state index is 12.9. The van der Waals surface area contributed by atoms with E-state index >= 15 is 0 Å². The first kappa shape index (κ1) is 31.1. The van der Waals surface area contributed by atoms with Crippen LogP contribution in [0.2, 0.25) is 0 Å². The molecular weight excluding hydrogens is 548 g/mol. The first-order valence-corrected chi connectivity index (χ1v) is 14.4. The van der Waals surface area contributed by atoms with Crippen LogP contribution in [0.3, 0.4) is 0 Å². The Labute approximate surface area is 245 Å². The van der Waals surface area contributed by atoms with Gasteiger partial charge < -0.3 is 44.5 Å². The van der Waals surface area contributed by atoms with E-state index < -0.39 is 82.8 Å². The second-order valence-electron chi connectivity index (χ2n) is 13.1. The molecule has 0 amide bonds. The summed E-state index contributed by atoms with van der Waals surface area (Å²) in [6, 6.07) is 8.49. The van der Waals surface area contributed by atoms with Crippen LogP contribution in [0.25, 0.3) is 0 Å². The number of hydrogen-bond donors (Lipinski definition) is 5. The fourth-order valence-electron chi connectivity index (χ4n) is 8.25. The van der Waals surface area contributed by atoms with Crippen LogP contribution in [0.15, 0.2) is 41.5 Å². The van der Waals surface area contributed by atoms with Gasteiger partial charge in [0.2, 0.25) is 0 Å². The molecule has 0 spiro atoms. The Morgan fingerprint density at radius 2 is 1.69 bits per heavy atom. The molecular formula is C31H42O11. The normalized spacial score (nSPS) is 43.1. The largest absolute Gasteiger partial charge is 0.455 e. The van der Waals surface area contributed by atoms with Gasteiger partial charge in [-0.3, -0.25) is 9.59 Å². The lowest BCUT2D eigenvalue weighted by Gasteiger charge is -2.69. The fourth-order valence-corrected chi connectivity index (χ4v) is 8.25. The van der Waals surface area contributed by atoms with Gasteiger partial charge in [-0.2, -0.15) is 0 Å². The van der Waals surface area contributed by atoms with Crippen molar-refractivity contribution in [3.63, 3.8) is 0 Å². The smallest absolute Gasteiger partial charge is 0.303 e. The monoisotopic (exact) mass is 590 g/mol. The van der Waals surface area contributed by atoms with E-state index in [-0.39, 0.29) is 25.0 Å². The third-order valence-corrected chi connectivity index (χ3v) is 10.6. The quantitative estimate of drug-likeness (QED) is 0.190. The van der Waals surface area contributed by atoms with Crippen molar-refractivity contribution < 1.29 is 54.1 Å². The van der Waals surface area contributed by atoms with Gasteiger partial charge in [0, 0.05) is 49.0 Å². The highest BCUT2D eigenvalue weighted by molar-refractivity contribution is 5.67. The van der Waals surface area contributed by atoms with Gasteiger partial charge in [-0.05, 0) is 18.1 Å². The summed E-state index contributed by atoms with van der Waals surface area (Å²) in [5.41, 5.74) is -5.41. The number of carbonyl (C=O) groups excluding carboxylic acids is 2. The first-order valence-electron chi connectivity index (χ1n) is 14.4. The number of aliphatic hydroxyl groups excluding tert-OH is 4. The molecule has 2 saturated carbocycles. The lowest BCUT2D eigenvalue weighted by Crippen LogP contribution is -2.82. The molecule has 0 aromatic heterocycles. The Balaban J connectivity index is 1.83. The number of aliphatic hydroxyl groups is 5. The molecule has 3 fully saturated rings. The zero-order valence-corrected chi connectivity index (χ0v) is 24.8. The van der Waals surface area contributed by atoms with Crippen LogP contribution < -0.4 is 0 Å². The Morgan fingerprint density at radius 3 is 2.24 bits per heavy atom. The van der Waals surface area contributed by atoms with Gasteiger partial charge in [-0.1, -0.05) is 51.1 Å². The second kappa shape index (κ2) is 10.4. The molecule has 1 heterocycles. The Kier molecular flexibility index (Phi) is 7.66. The van der Waals surface area contributed by atoms with Gasteiger partial charge >= 0.3 is 11.9 Å². The zero-order chi connectivity index (χ0) is 31.0. The Hall–Kier alpha value is -2.38. The number of carbonyl (C=O) groups is 2. The number of benzene rings is 1. The molecule has 232 valence electrons. The zero-order valence-electron chi connectivity index (χ0n) is 24.8. The van der Waals surface area contributed by atoms with Crippen LogP contribution in [0, 0.1) is 16.7 Å². The molecule has 42 heavy (non-hydrogen) atoms. The van der Waals surface area contributed by atoms with Gasteiger partial charge in [0.05, 0.1) is 24.9 Å². The van der Waals surface area contributed by atoms with Gasteiger partial charge in [-0.15, -0.1) is 0 Å². The molecule has 0 radical (unpaired) electrons. The molecule has 5 rings (SSSR count).